The van der Waals surface area contributed by atoms with Crippen molar-refractivity contribution in [1.82, 2.24) is 20.4 Å². The summed E-state index contributed by atoms with van der Waals surface area (Å²) in [5.41, 5.74) is 0.0231. The van der Waals surface area contributed by atoms with Gasteiger partial charge in [-0.1, -0.05) is 31.4 Å². The lowest BCUT2D eigenvalue weighted by Crippen LogP contribution is -2.59. The van der Waals surface area contributed by atoms with Gasteiger partial charge >= 0.3 is 0 Å². The first-order chi connectivity index (χ1) is 19.0. The average Bonchev–Trinajstić information content (AvgIpc) is 2.93. The third kappa shape index (κ3) is 7.62. The van der Waals surface area contributed by atoms with Gasteiger partial charge in [-0.15, -0.1) is 0 Å². The first kappa shape index (κ1) is 30.5. The van der Waals surface area contributed by atoms with Gasteiger partial charge in [-0.05, 0) is 96.5 Å². The highest BCUT2D eigenvalue weighted by atomic mass is 19.1. The van der Waals surface area contributed by atoms with Gasteiger partial charge in [-0.2, -0.15) is 0 Å². The van der Waals surface area contributed by atoms with Crippen LogP contribution in [0.15, 0.2) is 24.3 Å². The molecule has 40 heavy (non-hydrogen) atoms. The van der Waals surface area contributed by atoms with Crippen molar-refractivity contribution >= 4 is 17.7 Å². The highest BCUT2D eigenvalue weighted by molar-refractivity contribution is 5.89. The molecule has 0 aromatic heterocycles. The van der Waals surface area contributed by atoms with Gasteiger partial charge in [0.2, 0.25) is 17.7 Å². The highest BCUT2D eigenvalue weighted by Gasteiger charge is 2.49. The predicted octanol–water partition coefficient (Wildman–Crippen LogP) is 4.30. The molecule has 1 aliphatic carbocycles. The van der Waals surface area contributed by atoms with E-state index in [1.807, 2.05) is 32.7 Å². The van der Waals surface area contributed by atoms with Gasteiger partial charge in [-0.3, -0.25) is 14.4 Å². The van der Waals surface area contributed by atoms with Crippen LogP contribution in [0.3, 0.4) is 0 Å². The van der Waals surface area contributed by atoms with E-state index in [0.29, 0.717) is 44.8 Å². The first-order valence-electron chi connectivity index (χ1n) is 15.3. The molecule has 2 atom stereocenters. The fraction of sp³-hybridized carbons (Fsp3) is 0.719. The summed E-state index contributed by atoms with van der Waals surface area (Å²) < 4.78 is 13.6. The Kier molecular flexibility index (Phi) is 9.91. The van der Waals surface area contributed by atoms with Crippen LogP contribution < -0.4 is 10.6 Å². The van der Waals surface area contributed by atoms with Crippen LogP contribution in [-0.2, 0) is 20.8 Å². The van der Waals surface area contributed by atoms with Crippen LogP contribution in [0.4, 0.5) is 4.39 Å². The zero-order chi connectivity index (χ0) is 28.9. The van der Waals surface area contributed by atoms with E-state index < -0.39 is 11.5 Å². The summed E-state index contributed by atoms with van der Waals surface area (Å²) in [6, 6.07) is 5.41. The number of rotatable bonds is 7. The maximum Gasteiger partial charge on any atom is 0.245 e. The van der Waals surface area contributed by atoms with E-state index in [1.165, 1.54) is 18.6 Å². The minimum absolute atomic E-state index is 0.0925. The maximum atomic E-state index is 14.0. The summed E-state index contributed by atoms with van der Waals surface area (Å²) in [5.74, 6) is -0.232. The van der Waals surface area contributed by atoms with Crippen molar-refractivity contribution in [2.75, 3.05) is 33.2 Å². The quantitative estimate of drug-likeness (QED) is 0.525. The fourth-order valence-electron chi connectivity index (χ4n) is 7.01. The number of carbonyl (C=O) groups is 3. The van der Waals surface area contributed by atoms with Gasteiger partial charge in [0.05, 0.1) is 11.3 Å². The summed E-state index contributed by atoms with van der Waals surface area (Å²) in [6.07, 6.45) is 8.99. The van der Waals surface area contributed by atoms with Crippen molar-refractivity contribution in [2.45, 2.75) is 96.6 Å². The van der Waals surface area contributed by atoms with Crippen molar-refractivity contribution in [3.05, 3.63) is 35.6 Å². The summed E-state index contributed by atoms with van der Waals surface area (Å²) >= 11 is 0. The van der Waals surface area contributed by atoms with Crippen LogP contribution in [0, 0.1) is 23.1 Å². The summed E-state index contributed by atoms with van der Waals surface area (Å²) in [4.78, 5) is 45.0. The summed E-state index contributed by atoms with van der Waals surface area (Å²) in [5, 5.41) is 6.34. The smallest absolute Gasteiger partial charge is 0.245 e. The normalized spacial score (nSPS) is 23.3. The Morgan fingerprint density at radius 1 is 0.975 bits per heavy atom. The molecule has 2 aliphatic heterocycles. The minimum Gasteiger partial charge on any atom is -0.351 e. The van der Waals surface area contributed by atoms with Gasteiger partial charge < -0.3 is 20.4 Å². The molecule has 7 nitrogen and oxygen atoms in total. The molecule has 0 unspecified atom stereocenters. The molecule has 8 heteroatoms. The molecule has 3 fully saturated rings. The second-order valence-electron chi connectivity index (χ2n) is 13.5. The molecule has 3 aliphatic rings. The Morgan fingerprint density at radius 3 is 2.23 bits per heavy atom. The number of hydrogen-bond acceptors (Lipinski definition) is 4. The molecule has 4 rings (SSSR count). The van der Waals surface area contributed by atoms with Gasteiger partial charge in [0, 0.05) is 31.6 Å². The van der Waals surface area contributed by atoms with E-state index in [-0.39, 0.29) is 35.0 Å². The molecule has 2 saturated heterocycles. The number of amides is 3. The van der Waals surface area contributed by atoms with Gasteiger partial charge in [-0.25, -0.2) is 4.39 Å². The number of carbonyl (C=O) groups excluding carboxylic acids is 3. The number of hydrogen-bond donors (Lipinski definition) is 2. The van der Waals surface area contributed by atoms with E-state index in [0.717, 1.165) is 50.6 Å². The largest absolute Gasteiger partial charge is 0.351 e. The molecule has 3 amide bonds. The highest BCUT2D eigenvalue weighted by Crippen LogP contribution is 2.46. The summed E-state index contributed by atoms with van der Waals surface area (Å²) in [7, 11) is 2.02. The molecule has 0 radical (unpaired) electrons. The van der Waals surface area contributed by atoms with Gasteiger partial charge in [0.1, 0.15) is 11.9 Å². The third-order valence-corrected chi connectivity index (χ3v) is 9.26. The number of halogens is 1. The molecular formula is C32H49FN4O3. The summed E-state index contributed by atoms with van der Waals surface area (Å²) in [6.45, 7) is 8.70. The number of benzene rings is 1. The molecule has 0 spiro atoms. The molecule has 1 aromatic rings. The number of nitrogens with zero attached hydrogens (tertiary/aromatic N) is 2. The van der Waals surface area contributed by atoms with Crippen LogP contribution >= 0.6 is 0 Å². The Morgan fingerprint density at radius 2 is 1.62 bits per heavy atom. The Labute approximate surface area is 239 Å². The molecule has 2 N–H and O–H groups in total. The molecule has 2 heterocycles. The molecule has 1 aromatic carbocycles. The maximum absolute atomic E-state index is 14.0. The lowest BCUT2D eigenvalue weighted by atomic mass is 9.63. The Bertz CT molecular complexity index is 1020. The first-order valence-corrected chi connectivity index (χ1v) is 15.3. The Hall–Kier alpha value is -2.48. The predicted molar refractivity (Wildman–Crippen MR) is 155 cm³/mol. The monoisotopic (exact) mass is 556 g/mol. The van der Waals surface area contributed by atoms with Crippen molar-refractivity contribution in [3.8, 4) is 0 Å². The van der Waals surface area contributed by atoms with E-state index in [4.69, 9.17) is 0 Å². The van der Waals surface area contributed by atoms with Gasteiger partial charge in [0.15, 0.2) is 0 Å². The number of nitrogens with one attached hydrogen (secondary N) is 2. The van der Waals surface area contributed by atoms with Crippen molar-refractivity contribution < 1.29 is 18.8 Å². The standard InChI is InChI=1S/C32H49FN4O3/c1-31(2,3)35-30(40)32(25-10-6-5-7-11-25)16-19-37(20-17-32)29(39)27(21-23-12-14-26(33)15-13-23)34-28(38)24-9-8-18-36(4)22-24/h12-15,24-25,27H,5-11,16-22H2,1-4H3,(H,34,38)(H,35,40)/t24-,27-/m1/s1. The van der Waals surface area contributed by atoms with Crippen molar-refractivity contribution in [2.24, 2.45) is 17.3 Å². The van der Waals surface area contributed by atoms with Crippen LogP contribution in [0.25, 0.3) is 0 Å². The SMILES string of the molecule is CN1CCC[C@@H](C(=O)N[C@H](Cc2ccc(F)cc2)C(=O)N2CCC(C(=O)NC(C)(C)C)(C3CCCCC3)CC2)C1. The zero-order valence-corrected chi connectivity index (χ0v) is 24.9. The van der Waals surface area contributed by atoms with Crippen molar-refractivity contribution in [1.29, 1.82) is 0 Å². The van der Waals surface area contributed by atoms with E-state index in [1.54, 1.807) is 12.1 Å². The fourth-order valence-corrected chi connectivity index (χ4v) is 7.01. The second-order valence-corrected chi connectivity index (χ2v) is 13.5. The number of piperidine rings is 2. The van der Waals surface area contributed by atoms with E-state index >= 15 is 0 Å². The molecule has 222 valence electrons. The van der Waals surface area contributed by atoms with Crippen LogP contribution in [0.5, 0.6) is 0 Å². The molecule has 0 bridgehead atoms. The van der Waals surface area contributed by atoms with Crippen LogP contribution in [0.1, 0.15) is 84.1 Å². The second kappa shape index (κ2) is 13.0. The van der Waals surface area contributed by atoms with E-state index in [2.05, 4.69) is 15.5 Å². The lowest BCUT2D eigenvalue weighted by Gasteiger charge is -2.48. The zero-order valence-electron chi connectivity index (χ0n) is 24.9. The third-order valence-electron chi connectivity index (χ3n) is 9.26. The lowest BCUT2D eigenvalue weighted by molar-refractivity contribution is -0.147. The number of likely N-dealkylation sites (tertiary alicyclic amines) is 2. The van der Waals surface area contributed by atoms with Crippen LogP contribution in [0.2, 0.25) is 0 Å². The van der Waals surface area contributed by atoms with Crippen LogP contribution in [-0.4, -0.2) is 72.3 Å². The van der Waals surface area contributed by atoms with E-state index in [9.17, 15) is 18.8 Å². The Balaban J connectivity index is 1.50. The van der Waals surface area contributed by atoms with Crippen molar-refractivity contribution in [3.63, 3.8) is 0 Å². The molecule has 1 saturated carbocycles. The molecular weight excluding hydrogens is 507 g/mol. The van der Waals surface area contributed by atoms with Gasteiger partial charge in [0.25, 0.3) is 0 Å². The minimum atomic E-state index is -0.726. The average molecular weight is 557 g/mol. The topological polar surface area (TPSA) is 81.8 Å².